The first-order valence-electron chi connectivity index (χ1n) is 6.72. The van der Waals surface area contributed by atoms with E-state index >= 15 is 0 Å². The van der Waals surface area contributed by atoms with Crippen LogP contribution >= 0.6 is 46.6 Å². The quantitative estimate of drug-likeness (QED) is 0.662. The highest BCUT2D eigenvalue weighted by molar-refractivity contribution is 7.98. The molecule has 0 unspecified atom stereocenters. The van der Waals surface area contributed by atoms with Crippen LogP contribution in [0, 0.1) is 5.82 Å². The van der Waals surface area contributed by atoms with E-state index in [4.69, 9.17) is 34.8 Å². The van der Waals surface area contributed by atoms with Crippen LogP contribution in [0.3, 0.4) is 0 Å². The van der Waals surface area contributed by atoms with Crippen LogP contribution in [0.4, 0.5) is 4.39 Å². The standard InChI is InChI=1S/C16H13Cl3FNOS/c17-11-2-3-12(15(20)8-11)16(22)21-5-6-23-9-10-1-4-13(18)14(19)7-10/h1-4,7-8H,5-6,9H2,(H,21,22). The van der Waals surface area contributed by atoms with E-state index in [-0.39, 0.29) is 10.6 Å². The fourth-order valence-electron chi connectivity index (χ4n) is 1.83. The van der Waals surface area contributed by atoms with E-state index in [9.17, 15) is 9.18 Å². The number of rotatable bonds is 6. The lowest BCUT2D eigenvalue weighted by Crippen LogP contribution is -2.26. The van der Waals surface area contributed by atoms with Gasteiger partial charge in [-0.25, -0.2) is 4.39 Å². The van der Waals surface area contributed by atoms with Crippen LogP contribution < -0.4 is 5.32 Å². The lowest BCUT2D eigenvalue weighted by atomic mass is 10.2. The summed E-state index contributed by atoms with van der Waals surface area (Å²) >= 11 is 19.1. The van der Waals surface area contributed by atoms with E-state index in [2.05, 4.69) is 5.32 Å². The number of carbonyl (C=O) groups is 1. The van der Waals surface area contributed by atoms with Crippen molar-refractivity contribution in [1.29, 1.82) is 0 Å². The average Bonchev–Trinajstić information content (AvgIpc) is 2.50. The summed E-state index contributed by atoms with van der Waals surface area (Å²) in [7, 11) is 0. The fraction of sp³-hybridized carbons (Fsp3) is 0.188. The molecule has 0 atom stereocenters. The van der Waals surface area contributed by atoms with E-state index in [1.54, 1.807) is 17.8 Å². The molecule has 0 radical (unpaired) electrons. The molecule has 0 aliphatic rings. The minimum atomic E-state index is -0.626. The second kappa shape index (κ2) is 8.78. The highest BCUT2D eigenvalue weighted by Crippen LogP contribution is 2.24. The summed E-state index contributed by atoms with van der Waals surface area (Å²) in [5.41, 5.74) is 1.04. The summed E-state index contributed by atoms with van der Waals surface area (Å²) in [6.45, 7) is 0.437. The van der Waals surface area contributed by atoms with Gasteiger partial charge in [0.25, 0.3) is 5.91 Å². The molecule has 2 aromatic rings. The predicted octanol–water partition coefficient (Wildman–Crippen LogP) is 5.45. The first-order valence-corrected chi connectivity index (χ1v) is 9.01. The van der Waals surface area contributed by atoms with Gasteiger partial charge < -0.3 is 5.32 Å². The summed E-state index contributed by atoms with van der Waals surface area (Å²) in [5.74, 6) is 0.372. The number of amides is 1. The van der Waals surface area contributed by atoms with Crippen LogP contribution in [0.5, 0.6) is 0 Å². The van der Waals surface area contributed by atoms with Gasteiger partial charge in [0.1, 0.15) is 5.82 Å². The Kier molecular flexibility index (Phi) is 7.03. The Morgan fingerprint density at radius 3 is 2.57 bits per heavy atom. The monoisotopic (exact) mass is 391 g/mol. The van der Waals surface area contributed by atoms with Crippen molar-refractivity contribution in [1.82, 2.24) is 5.32 Å². The molecule has 122 valence electrons. The molecule has 1 N–H and O–H groups in total. The molecule has 0 saturated carbocycles. The largest absolute Gasteiger partial charge is 0.351 e. The maximum atomic E-state index is 13.6. The van der Waals surface area contributed by atoms with Gasteiger partial charge in [0.2, 0.25) is 0 Å². The molecule has 0 saturated heterocycles. The highest BCUT2D eigenvalue weighted by atomic mass is 35.5. The molecule has 7 heteroatoms. The maximum Gasteiger partial charge on any atom is 0.254 e. The zero-order valence-electron chi connectivity index (χ0n) is 11.9. The Morgan fingerprint density at radius 1 is 1.09 bits per heavy atom. The van der Waals surface area contributed by atoms with Crippen LogP contribution in [-0.4, -0.2) is 18.2 Å². The fourth-order valence-corrected chi connectivity index (χ4v) is 3.11. The van der Waals surface area contributed by atoms with Crippen molar-refractivity contribution in [2.24, 2.45) is 0 Å². The van der Waals surface area contributed by atoms with Crippen LogP contribution in [-0.2, 0) is 5.75 Å². The molecule has 0 bridgehead atoms. The van der Waals surface area contributed by atoms with Crippen molar-refractivity contribution in [3.63, 3.8) is 0 Å². The van der Waals surface area contributed by atoms with E-state index in [1.807, 2.05) is 12.1 Å². The van der Waals surface area contributed by atoms with Gasteiger partial charge in [-0.2, -0.15) is 11.8 Å². The number of carbonyl (C=O) groups excluding carboxylic acids is 1. The third-order valence-electron chi connectivity index (χ3n) is 2.96. The maximum absolute atomic E-state index is 13.6. The van der Waals surface area contributed by atoms with Gasteiger partial charge in [0.15, 0.2) is 0 Å². The van der Waals surface area contributed by atoms with Crippen molar-refractivity contribution < 1.29 is 9.18 Å². The smallest absolute Gasteiger partial charge is 0.254 e. The number of nitrogens with one attached hydrogen (secondary N) is 1. The number of halogens is 4. The Labute approximate surface area is 153 Å². The topological polar surface area (TPSA) is 29.1 Å². The molecule has 0 heterocycles. The first-order chi connectivity index (χ1) is 11.0. The number of hydrogen-bond donors (Lipinski definition) is 1. The molecule has 2 nitrogen and oxygen atoms in total. The SMILES string of the molecule is O=C(NCCSCc1ccc(Cl)c(Cl)c1)c1ccc(Cl)cc1F. The predicted molar refractivity (Wildman–Crippen MR) is 96.4 cm³/mol. The Balaban J connectivity index is 1.74. The van der Waals surface area contributed by atoms with Gasteiger partial charge in [-0.15, -0.1) is 0 Å². The van der Waals surface area contributed by atoms with E-state index in [0.29, 0.717) is 22.3 Å². The Bertz CT molecular complexity index is 712. The number of hydrogen-bond acceptors (Lipinski definition) is 2. The number of thioether (sulfide) groups is 1. The van der Waals surface area contributed by atoms with Crippen LogP contribution in [0.1, 0.15) is 15.9 Å². The van der Waals surface area contributed by atoms with Crippen LogP contribution in [0.25, 0.3) is 0 Å². The molecule has 0 fully saturated rings. The lowest BCUT2D eigenvalue weighted by Gasteiger charge is -2.07. The molecule has 23 heavy (non-hydrogen) atoms. The van der Waals surface area contributed by atoms with Gasteiger partial charge in [-0.05, 0) is 35.9 Å². The van der Waals surface area contributed by atoms with Crippen molar-refractivity contribution in [2.45, 2.75) is 5.75 Å². The molecule has 0 aliphatic heterocycles. The zero-order valence-corrected chi connectivity index (χ0v) is 15.0. The Hall–Kier alpha value is -0.940. The molecule has 0 aliphatic carbocycles. The summed E-state index contributed by atoms with van der Waals surface area (Å²) < 4.78 is 13.6. The van der Waals surface area contributed by atoms with Crippen molar-refractivity contribution in [3.05, 3.63) is 68.4 Å². The van der Waals surface area contributed by atoms with Gasteiger partial charge in [0, 0.05) is 23.1 Å². The third-order valence-corrected chi connectivity index (χ3v) is 4.96. The molecular formula is C16H13Cl3FNOS. The summed E-state index contributed by atoms with van der Waals surface area (Å²) in [6, 6.07) is 9.45. The summed E-state index contributed by atoms with van der Waals surface area (Å²) in [5, 5.41) is 3.99. The third kappa shape index (κ3) is 5.57. The summed E-state index contributed by atoms with van der Waals surface area (Å²) in [6.07, 6.45) is 0. The summed E-state index contributed by atoms with van der Waals surface area (Å²) in [4.78, 5) is 11.9. The van der Waals surface area contributed by atoms with Crippen molar-refractivity contribution in [2.75, 3.05) is 12.3 Å². The second-order valence-corrected chi connectivity index (χ2v) is 7.04. The van der Waals surface area contributed by atoms with Gasteiger partial charge >= 0.3 is 0 Å². The molecule has 2 rings (SSSR count). The van der Waals surface area contributed by atoms with Gasteiger partial charge in [0.05, 0.1) is 15.6 Å². The molecule has 2 aromatic carbocycles. The van der Waals surface area contributed by atoms with E-state index in [0.717, 1.165) is 17.4 Å². The highest BCUT2D eigenvalue weighted by Gasteiger charge is 2.11. The van der Waals surface area contributed by atoms with E-state index in [1.165, 1.54) is 12.1 Å². The van der Waals surface area contributed by atoms with Crippen LogP contribution in [0.15, 0.2) is 36.4 Å². The van der Waals surface area contributed by atoms with Crippen LogP contribution in [0.2, 0.25) is 15.1 Å². The van der Waals surface area contributed by atoms with Gasteiger partial charge in [-0.3, -0.25) is 4.79 Å². The average molecular weight is 393 g/mol. The van der Waals surface area contributed by atoms with E-state index < -0.39 is 11.7 Å². The minimum absolute atomic E-state index is 0.0103. The Morgan fingerprint density at radius 2 is 1.87 bits per heavy atom. The normalized spacial score (nSPS) is 10.6. The molecule has 1 amide bonds. The number of benzene rings is 2. The minimum Gasteiger partial charge on any atom is -0.351 e. The lowest BCUT2D eigenvalue weighted by molar-refractivity contribution is 0.0952. The first kappa shape index (κ1) is 18.4. The zero-order chi connectivity index (χ0) is 16.8. The van der Waals surface area contributed by atoms with Gasteiger partial charge in [-0.1, -0.05) is 40.9 Å². The molecule has 0 aromatic heterocycles. The molecule has 0 spiro atoms. The second-order valence-electron chi connectivity index (χ2n) is 4.68. The van der Waals surface area contributed by atoms with Crippen molar-refractivity contribution >= 4 is 52.5 Å². The van der Waals surface area contributed by atoms with Crippen molar-refractivity contribution in [3.8, 4) is 0 Å². The molecular weight excluding hydrogens is 380 g/mol.